The predicted octanol–water partition coefficient (Wildman–Crippen LogP) is 0.548. The molecule has 16 heavy (non-hydrogen) atoms. The van der Waals surface area contributed by atoms with Gasteiger partial charge in [-0.05, 0) is 6.92 Å². The minimum Gasteiger partial charge on any atom is -0.374 e. The largest absolute Gasteiger partial charge is 0.374 e. The van der Waals surface area contributed by atoms with Crippen molar-refractivity contribution in [1.29, 1.82) is 0 Å². The first kappa shape index (κ1) is 15.0. The van der Waals surface area contributed by atoms with E-state index >= 15 is 0 Å². The van der Waals surface area contributed by atoms with Crippen molar-refractivity contribution in [2.24, 2.45) is 0 Å². The molecule has 0 radical (unpaired) electrons. The van der Waals surface area contributed by atoms with Crippen LogP contribution in [0.4, 0.5) is 8.78 Å². The molecule has 0 aromatic heterocycles. The summed E-state index contributed by atoms with van der Waals surface area (Å²) in [4.78, 5) is 11.3. The van der Waals surface area contributed by atoms with Crippen molar-refractivity contribution < 1.29 is 18.3 Å². The van der Waals surface area contributed by atoms with Gasteiger partial charge < -0.3 is 15.4 Å². The molecule has 4 nitrogen and oxygen atoms in total. The van der Waals surface area contributed by atoms with Crippen molar-refractivity contribution in [2.75, 3.05) is 26.3 Å². The highest BCUT2D eigenvalue weighted by Crippen LogP contribution is 1.91. The molecule has 0 aliphatic rings. The molecule has 0 heterocycles. The van der Waals surface area contributed by atoms with Gasteiger partial charge in [0, 0.05) is 13.1 Å². The van der Waals surface area contributed by atoms with Crippen molar-refractivity contribution in [3.63, 3.8) is 0 Å². The molecule has 1 amide bonds. The van der Waals surface area contributed by atoms with Gasteiger partial charge >= 0.3 is 0 Å². The first-order valence-corrected chi connectivity index (χ1v) is 5.05. The smallest absolute Gasteiger partial charge is 0.261 e. The highest BCUT2D eigenvalue weighted by molar-refractivity contribution is 5.81. The zero-order chi connectivity index (χ0) is 12.4. The summed E-state index contributed by atoms with van der Waals surface area (Å²) in [6.45, 7) is 5.51. The van der Waals surface area contributed by atoms with Gasteiger partial charge in [0.05, 0.1) is 12.6 Å². The lowest BCUT2D eigenvalue weighted by Crippen LogP contribution is -2.43. The van der Waals surface area contributed by atoms with Crippen LogP contribution in [0.25, 0.3) is 0 Å². The summed E-state index contributed by atoms with van der Waals surface area (Å²) < 4.78 is 28.0. The first-order chi connectivity index (χ1) is 7.57. The predicted molar refractivity (Wildman–Crippen MR) is 57.5 cm³/mol. The van der Waals surface area contributed by atoms with Gasteiger partial charge in [-0.2, -0.15) is 0 Å². The maximum absolute atomic E-state index is 11.7. The lowest BCUT2D eigenvalue weighted by Gasteiger charge is -2.13. The fourth-order valence-corrected chi connectivity index (χ4v) is 0.939. The molecule has 0 spiro atoms. The summed E-state index contributed by atoms with van der Waals surface area (Å²) in [6, 6.07) is -0.380. The monoisotopic (exact) mass is 236 g/mol. The van der Waals surface area contributed by atoms with Gasteiger partial charge in [-0.3, -0.25) is 4.79 Å². The highest BCUT2D eigenvalue weighted by atomic mass is 19.3. The third kappa shape index (κ3) is 8.31. The van der Waals surface area contributed by atoms with Crippen molar-refractivity contribution in [2.45, 2.75) is 19.4 Å². The van der Waals surface area contributed by atoms with Gasteiger partial charge in [0.25, 0.3) is 6.43 Å². The van der Waals surface area contributed by atoms with E-state index in [1.165, 1.54) is 0 Å². The Labute approximate surface area is 94.0 Å². The van der Waals surface area contributed by atoms with Crippen molar-refractivity contribution in [3.05, 3.63) is 12.7 Å². The molecule has 1 unspecified atom stereocenters. The van der Waals surface area contributed by atoms with Crippen LogP contribution in [0, 0.1) is 0 Å². The van der Waals surface area contributed by atoms with Gasteiger partial charge in [0.15, 0.2) is 0 Å². The zero-order valence-corrected chi connectivity index (χ0v) is 9.34. The van der Waals surface area contributed by atoms with Crippen LogP contribution in [-0.2, 0) is 9.53 Å². The summed E-state index contributed by atoms with van der Waals surface area (Å²) in [6.07, 6.45) is -0.871. The Kier molecular flexibility index (Phi) is 8.65. The van der Waals surface area contributed by atoms with E-state index in [1.807, 2.05) is 0 Å². The second-order valence-electron chi connectivity index (χ2n) is 3.18. The van der Waals surface area contributed by atoms with E-state index in [-0.39, 0.29) is 18.6 Å². The topological polar surface area (TPSA) is 50.4 Å². The molecular formula is C10H18F2N2O2. The van der Waals surface area contributed by atoms with Crippen LogP contribution in [0.2, 0.25) is 0 Å². The van der Waals surface area contributed by atoms with Crippen LogP contribution in [0.5, 0.6) is 0 Å². The van der Waals surface area contributed by atoms with Crippen molar-refractivity contribution in [1.82, 2.24) is 10.6 Å². The van der Waals surface area contributed by atoms with Crippen LogP contribution in [0.1, 0.15) is 6.92 Å². The maximum atomic E-state index is 11.7. The quantitative estimate of drug-likeness (QED) is 0.454. The molecule has 6 heteroatoms. The van der Waals surface area contributed by atoms with Gasteiger partial charge in [-0.25, -0.2) is 8.78 Å². The van der Waals surface area contributed by atoms with E-state index in [1.54, 1.807) is 13.0 Å². The Bertz CT molecular complexity index is 213. The summed E-state index contributed by atoms with van der Waals surface area (Å²) in [5.74, 6) is -0.159. The molecular weight excluding hydrogens is 218 g/mol. The number of carbonyl (C=O) groups is 1. The summed E-state index contributed by atoms with van der Waals surface area (Å²) in [5.41, 5.74) is 0. The number of nitrogens with one attached hydrogen (secondary N) is 2. The Balaban J connectivity index is 3.45. The normalized spacial score (nSPS) is 12.5. The number of hydrogen-bond acceptors (Lipinski definition) is 3. The number of halogens is 2. The average molecular weight is 236 g/mol. The lowest BCUT2D eigenvalue weighted by molar-refractivity contribution is -0.122. The molecule has 0 aromatic rings. The Hall–Kier alpha value is -1.01. The molecule has 0 aromatic carbocycles. The Morgan fingerprint density at radius 1 is 1.56 bits per heavy atom. The fraction of sp³-hybridized carbons (Fsp3) is 0.700. The molecule has 0 fully saturated rings. The summed E-state index contributed by atoms with van der Waals surface area (Å²) >= 11 is 0. The minimum atomic E-state index is -2.45. The van der Waals surface area contributed by atoms with E-state index in [0.717, 1.165) is 0 Å². The molecule has 2 N–H and O–H groups in total. The Morgan fingerprint density at radius 3 is 2.81 bits per heavy atom. The van der Waals surface area contributed by atoms with Crippen LogP contribution in [0.15, 0.2) is 12.7 Å². The third-order valence-corrected chi connectivity index (χ3v) is 1.75. The van der Waals surface area contributed by atoms with E-state index in [0.29, 0.717) is 13.1 Å². The van der Waals surface area contributed by atoms with E-state index < -0.39 is 13.0 Å². The SMILES string of the molecule is C=CCNC(=O)C(C)NCCOCC(F)F. The van der Waals surface area contributed by atoms with Gasteiger partial charge in [0.2, 0.25) is 5.91 Å². The highest BCUT2D eigenvalue weighted by Gasteiger charge is 2.10. The van der Waals surface area contributed by atoms with E-state index in [9.17, 15) is 13.6 Å². The van der Waals surface area contributed by atoms with E-state index in [2.05, 4.69) is 21.9 Å². The maximum Gasteiger partial charge on any atom is 0.261 e. The van der Waals surface area contributed by atoms with Gasteiger partial charge in [0.1, 0.15) is 6.61 Å². The average Bonchev–Trinajstić information content (AvgIpc) is 2.24. The first-order valence-electron chi connectivity index (χ1n) is 5.05. The summed E-state index contributed by atoms with van der Waals surface area (Å²) in [7, 11) is 0. The van der Waals surface area contributed by atoms with Crippen LogP contribution in [0.3, 0.4) is 0 Å². The number of alkyl halides is 2. The standard InChI is InChI=1S/C10H18F2N2O2/c1-3-4-14-10(15)8(2)13-5-6-16-7-9(11)12/h3,8-9,13H,1,4-7H2,2H3,(H,14,15). The fourth-order valence-electron chi connectivity index (χ4n) is 0.939. The number of hydrogen-bond donors (Lipinski definition) is 2. The molecule has 0 bridgehead atoms. The molecule has 0 saturated heterocycles. The Morgan fingerprint density at radius 2 is 2.25 bits per heavy atom. The van der Waals surface area contributed by atoms with E-state index in [4.69, 9.17) is 0 Å². The number of ether oxygens (including phenoxy) is 1. The summed E-state index contributed by atoms with van der Waals surface area (Å²) in [5, 5.41) is 5.46. The van der Waals surface area contributed by atoms with Crippen LogP contribution in [-0.4, -0.2) is 44.7 Å². The molecule has 94 valence electrons. The zero-order valence-electron chi connectivity index (χ0n) is 9.34. The van der Waals surface area contributed by atoms with Crippen molar-refractivity contribution in [3.8, 4) is 0 Å². The molecule has 0 rings (SSSR count). The van der Waals surface area contributed by atoms with Gasteiger partial charge in [-0.1, -0.05) is 6.08 Å². The number of rotatable bonds is 9. The van der Waals surface area contributed by atoms with Crippen LogP contribution >= 0.6 is 0 Å². The second kappa shape index (κ2) is 9.23. The number of amides is 1. The minimum absolute atomic E-state index is 0.156. The van der Waals surface area contributed by atoms with Crippen molar-refractivity contribution >= 4 is 5.91 Å². The second-order valence-corrected chi connectivity index (χ2v) is 3.18. The molecule has 0 saturated carbocycles. The third-order valence-electron chi connectivity index (χ3n) is 1.75. The molecule has 0 aliphatic heterocycles. The lowest BCUT2D eigenvalue weighted by atomic mass is 10.3. The molecule has 1 atom stereocenters. The van der Waals surface area contributed by atoms with Crippen LogP contribution < -0.4 is 10.6 Å². The number of carbonyl (C=O) groups excluding carboxylic acids is 1. The molecule has 0 aliphatic carbocycles. The van der Waals surface area contributed by atoms with Gasteiger partial charge in [-0.15, -0.1) is 6.58 Å².